The summed E-state index contributed by atoms with van der Waals surface area (Å²) >= 11 is 0. The predicted molar refractivity (Wildman–Crippen MR) is 61.8 cm³/mol. The van der Waals surface area contributed by atoms with E-state index in [-0.39, 0.29) is 5.54 Å². The van der Waals surface area contributed by atoms with Crippen molar-refractivity contribution in [2.75, 3.05) is 32.8 Å². The maximum absolute atomic E-state index is 5.96. The Morgan fingerprint density at radius 1 is 1.40 bits per heavy atom. The van der Waals surface area contributed by atoms with E-state index in [0.29, 0.717) is 0 Å². The zero-order chi connectivity index (χ0) is 10.7. The van der Waals surface area contributed by atoms with Crippen LogP contribution in [0.15, 0.2) is 0 Å². The van der Waals surface area contributed by atoms with Crippen molar-refractivity contribution in [3.63, 3.8) is 0 Å². The van der Waals surface area contributed by atoms with Gasteiger partial charge in [-0.25, -0.2) is 0 Å². The zero-order valence-corrected chi connectivity index (χ0v) is 9.87. The van der Waals surface area contributed by atoms with Crippen molar-refractivity contribution < 1.29 is 4.74 Å². The minimum atomic E-state index is 0.171. The van der Waals surface area contributed by atoms with Gasteiger partial charge in [-0.2, -0.15) is 0 Å². The molecule has 0 aromatic rings. The molecule has 2 heterocycles. The summed E-state index contributed by atoms with van der Waals surface area (Å²) in [4.78, 5) is 2.60. The normalized spacial score (nSPS) is 39.2. The lowest BCUT2D eigenvalue weighted by molar-refractivity contribution is 0.0740. The molecule has 0 bridgehead atoms. The second kappa shape index (κ2) is 4.81. The van der Waals surface area contributed by atoms with Gasteiger partial charge in [0.25, 0.3) is 0 Å². The largest absolute Gasteiger partial charge is 0.379 e. The van der Waals surface area contributed by atoms with Gasteiger partial charge in [-0.1, -0.05) is 6.92 Å². The smallest absolute Gasteiger partial charge is 0.0663 e. The van der Waals surface area contributed by atoms with Crippen molar-refractivity contribution in [3.05, 3.63) is 0 Å². The van der Waals surface area contributed by atoms with Crippen molar-refractivity contribution in [1.29, 1.82) is 0 Å². The van der Waals surface area contributed by atoms with E-state index in [0.717, 1.165) is 32.1 Å². The highest BCUT2D eigenvalue weighted by atomic mass is 16.5. The number of ether oxygens (including phenoxy) is 1. The van der Waals surface area contributed by atoms with Crippen LogP contribution in [0.25, 0.3) is 0 Å². The van der Waals surface area contributed by atoms with Gasteiger partial charge in [0.1, 0.15) is 0 Å². The van der Waals surface area contributed by atoms with Crippen molar-refractivity contribution in [2.24, 2.45) is 11.7 Å². The Hall–Kier alpha value is -0.120. The van der Waals surface area contributed by atoms with E-state index in [4.69, 9.17) is 10.5 Å². The van der Waals surface area contributed by atoms with Gasteiger partial charge in [-0.3, -0.25) is 4.90 Å². The first-order chi connectivity index (χ1) is 7.27. The molecule has 3 heteroatoms. The van der Waals surface area contributed by atoms with Gasteiger partial charge in [0.15, 0.2) is 0 Å². The summed E-state index contributed by atoms with van der Waals surface area (Å²) in [5.41, 5.74) is 6.13. The van der Waals surface area contributed by atoms with E-state index in [1.54, 1.807) is 0 Å². The monoisotopic (exact) mass is 212 g/mol. The molecule has 2 saturated heterocycles. The predicted octanol–water partition coefficient (Wildman–Crippen LogP) is 1.23. The molecule has 2 unspecified atom stereocenters. The molecule has 2 fully saturated rings. The van der Waals surface area contributed by atoms with Gasteiger partial charge in [0.05, 0.1) is 12.1 Å². The maximum atomic E-state index is 5.96. The van der Waals surface area contributed by atoms with E-state index in [9.17, 15) is 0 Å². The second-order valence-corrected chi connectivity index (χ2v) is 5.25. The van der Waals surface area contributed by atoms with E-state index in [2.05, 4.69) is 11.8 Å². The second-order valence-electron chi connectivity index (χ2n) is 5.25. The Labute approximate surface area is 93.0 Å². The molecule has 0 amide bonds. The van der Waals surface area contributed by atoms with Gasteiger partial charge in [0, 0.05) is 13.2 Å². The lowest BCUT2D eigenvalue weighted by Crippen LogP contribution is -2.54. The summed E-state index contributed by atoms with van der Waals surface area (Å²) in [6.45, 7) is 7.28. The number of nitrogens with zero attached hydrogens (tertiary/aromatic N) is 1. The molecule has 2 N–H and O–H groups in total. The Balaban J connectivity index is 2.01. The minimum absolute atomic E-state index is 0.171. The first kappa shape index (κ1) is 11.4. The molecule has 15 heavy (non-hydrogen) atoms. The number of rotatable bonds is 2. The van der Waals surface area contributed by atoms with Gasteiger partial charge in [-0.15, -0.1) is 0 Å². The van der Waals surface area contributed by atoms with Crippen LogP contribution in [0.4, 0.5) is 0 Å². The van der Waals surface area contributed by atoms with Crippen molar-refractivity contribution in [3.8, 4) is 0 Å². The van der Waals surface area contributed by atoms with Crippen LogP contribution in [0.5, 0.6) is 0 Å². The number of nitrogens with two attached hydrogens (primary N) is 1. The molecule has 0 aromatic carbocycles. The topological polar surface area (TPSA) is 38.5 Å². The molecule has 0 spiro atoms. The first-order valence-electron chi connectivity index (χ1n) is 6.30. The van der Waals surface area contributed by atoms with Crippen molar-refractivity contribution in [2.45, 2.75) is 38.1 Å². The van der Waals surface area contributed by atoms with Crippen molar-refractivity contribution in [1.82, 2.24) is 4.90 Å². The SMILES string of the molecule is CC1CCCN(C2(CN)CCOC2)CC1. The zero-order valence-electron chi connectivity index (χ0n) is 9.87. The summed E-state index contributed by atoms with van der Waals surface area (Å²) in [5, 5.41) is 0. The first-order valence-corrected chi connectivity index (χ1v) is 6.30. The molecule has 0 saturated carbocycles. The molecule has 3 nitrogen and oxygen atoms in total. The summed E-state index contributed by atoms with van der Waals surface area (Å²) in [6, 6.07) is 0. The van der Waals surface area contributed by atoms with Gasteiger partial charge < -0.3 is 10.5 Å². The van der Waals surface area contributed by atoms with Crippen LogP contribution in [-0.2, 0) is 4.74 Å². The number of hydrogen-bond donors (Lipinski definition) is 1. The quantitative estimate of drug-likeness (QED) is 0.748. The fourth-order valence-electron chi connectivity index (χ4n) is 2.87. The lowest BCUT2D eigenvalue weighted by atomic mass is 9.96. The fraction of sp³-hybridized carbons (Fsp3) is 1.00. The molecule has 0 radical (unpaired) electrons. The molecule has 2 aliphatic rings. The fourth-order valence-corrected chi connectivity index (χ4v) is 2.87. The van der Waals surface area contributed by atoms with Crippen LogP contribution >= 0.6 is 0 Å². The van der Waals surface area contributed by atoms with E-state index >= 15 is 0 Å². The maximum Gasteiger partial charge on any atom is 0.0663 e. The van der Waals surface area contributed by atoms with Crippen LogP contribution in [-0.4, -0.2) is 43.3 Å². The molecule has 0 aliphatic carbocycles. The van der Waals surface area contributed by atoms with Crippen LogP contribution in [0.3, 0.4) is 0 Å². The molecular formula is C12H24N2O. The third-order valence-corrected chi connectivity index (χ3v) is 4.15. The third-order valence-electron chi connectivity index (χ3n) is 4.15. The number of hydrogen-bond acceptors (Lipinski definition) is 3. The average Bonchev–Trinajstić information content (AvgIpc) is 2.63. The highest BCUT2D eigenvalue weighted by Gasteiger charge is 2.39. The summed E-state index contributed by atoms with van der Waals surface area (Å²) in [5.74, 6) is 0.882. The van der Waals surface area contributed by atoms with Crippen LogP contribution in [0.1, 0.15) is 32.6 Å². The Bertz CT molecular complexity index is 202. The van der Waals surface area contributed by atoms with E-state index in [1.807, 2.05) is 0 Å². The van der Waals surface area contributed by atoms with Crippen LogP contribution in [0.2, 0.25) is 0 Å². The molecule has 2 rings (SSSR count). The van der Waals surface area contributed by atoms with Crippen LogP contribution < -0.4 is 5.73 Å². The van der Waals surface area contributed by atoms with Crippen LogP contribution in [0, 0.1) is 5.92 Å². The summed E-state index contributed by atoms with van der Waals surface area (Å²) < 4.78 is 5.55. The standard InChI is InChI=1S/C12H24N2O/c1-11-3-2-6-14(7-4-11)12(9-13)5-8-15-10-12/h11H,2-10,13H2,1H3. The Morgan fingerprint density at radius 3 is 2.93 bits per heavy atom. The highest BCUT2D eigenvalue weighted by Crippen LogP contribution is 2.29. The summed E-state index contributed by atoms with van der Waals surface area (Å²) in [6.07, 6.45) is 5.14. The molecule has 2 aliphatic heterocycles. The Morgan fingerprint density at radius 2 is 2.27 bits per heavy atom. The molecule has 2 atom stereocenters. The van der Waals surface area contributed by atoms with E-state index < -0.39 is 0 Å². The average molecular weight is 212 g/mol. The van der Waals surface area contributed by atoms with Gasteiger partial charge >= 0.3 is 0 Å². The molecule has 0 aromatic heterocycles. The third kappa shape index (κ3) is 2.35. The Kier molecular flexibility index (Phi) is 3.65. The van der Waals surface area contributed by atoms with Gasteiger partial charge in [-0.05, 0) is 44.7 Å². The number of likely N-dealkylation sites (tertiary alicyclic amines) is 1. The highest BCUT2D eigenvalue weighted by molar-refractivity contribution is 4.95. The van der Waals surface area contributed by atoms with E-state index in [1.165, 1.54) is 32.4 Å². The molecular weight excluding hydrogens is 188 g/mol. The molecule has 88 valence electrons. The van der Waals surface area contributed by atoms with Gasteiger partial charge in [0.2, 0.25) is 0 Å². The minimum Gasteiger partial charge on any atom is -0.379 e. The summed E-state index contributed by atoms with van der Waals surface area (Å²) in [7, 11) is 0. The lowest BCUT2D eigenvalue weighted by Gasteiger charge is -2.38. The van der Waals surface area contributed by atoms with Crippen molar-refractivity contribution >= 4 is 0 Å².